The second-order valence-corrected chi connectivity index (χ2v) is 12.0. The third kappa shape index (κ3) is 1.87. The molecule has 6 aliphatic heterocycles. The van der Waals surface area contributed by atoms with Crippen LogP contribution in [0.15, 0.2) is 18.2 Å². The first-order valence-corrected chi connectivity index (χ1v) is 12.0. The van der Waals surface area contributed by atoms with E-state index in [1.54, 1.807) is 0 Å². The van der Waals surface area contributed by atoms with E-state index in [4.69, 9.17) is 4.74 Å². The van der Waals surface area contributed by atoms with E-state index >= 15 is 0 Å². The number of piperidine rings is 2. The largest absolute Gasteiger partial charge is 0.483 e. The molecule has 4 atom stereocenters. The highest BCUT2D eigenvalue weighted by Gasteiger charge is 2.80. The van der Waals surface area contributed by atoms with Gasteiger partial charge < -0.3 is 20.3 Å². The van der Waals surface area contributed by atoms with Crippen molar-refractivity contribution >= 4 is 29.5 Å². The molecule has 1 aliphatic carbocycles. The fourth-order valence-corrected chi connectivity index (χ4v) is 8.24. The SMILES string of the molecule is CC1(C)C=Cc2c(ccc3c2NC(=O)[C@]32C[C@]34NC(=O)[C@@]5(CCCN5C3=O)C[C@H]4C2(C)C)O1. The zero-order valence-corrected chi connectivity index (χ0v) is 19.5. The third-order valence-corrected chi connectivity index (χ3v) is 9.84. The number of carbonyl (C=O) groups excluding carboxylic acids is 3. The van der Waals surface area contributed by atoms with Crippen LogP contribution in [-0.2, 0) is 19.8 Å². The molecule has 7 nitrogen and oxygen atoms in total. The van der Waals surface area contributed by atoms with Gasteiger partial charge in [0.15, 0.2) is 0 Å². The van der Waals surface area contributed by atoms with Crippen LogP contribution in [0, 0.1) is 11.3 Å². The Hall–Kier alpha value is -2.83. The summed E-state index contributed by atoms with van der Waals surface area (Å²) in [5.74, 6) is 0.523. The minimum Gasteiger partial charge on any atom is -0.483 e. The zero-order valence-electron chi connectivity index (χ0n) is 19.5. The summed E-state index contributed by atoms with van der Waals surface area (Å²) in [4.78, 5) is 43.0. The van der Waals surface area contributed by atoms with Gasteiger partial charge in [-0.3, -0.25) is 14.4 Å². The second kappa shape index (κ2) is 5.29. The summed E-state index contributed by atoms with van der Waals surface area (Å²) in [6, 6.07) is 3.95. The van der Waals surface area contributed by atoms with Crippen molar-refractivity contribution < 1.29 is 19.1 Å². The van der Waals surface area contributed by atoms with Gasteiger partial charge in [0.1, 0.15) is 22.4 Å². The molecule has 7 heteroatoms. The van der Waals surface area contributed by atoms with Crippen LogP contribution in [0.4, 0.5) is 5.69 Å². The van der Waals surface area contributed by atoms with E-state index in [0.29, 0.717) is 25.8 Å². The van der Waals surface area contributed by atoms with Crippen LogP contribution in [0.2, 0.25) is 0 Å². The monoisotopic (exact) mass is 447 g/mol. The number of rotatable bonds is 0. The van der Waals surface area contributed by atoms with Gasteiger partial charge in [-0.15, -0.1) is 0 Å². The number of fused-ring (bicyclic) bond motifs is 5. The lowest BCUT2D eigenvalue weighted by Gasteiger charge is -2.59. The van der Waals surface area contributed by atoms with Crippen molar-refractivity contribution in [1.29, 1.82) is 0 Å². The van der Waals surface area contributed by atoms with E-state index in [2.05, 4.69) is 24.5 Å². The highest BCUT2D eigenvalue weighted by Crippen LogP contribution is 2.70. The van der Waals surface area contributed by atoms with Crippen LogP contribution in [0.25, 0.3) is 6.08 Å². The molecule has 6 heterocycles. The molecule has 33 heavy (non-hydrogen) atoms. The summed E-state index contributed by atoms with van der Waals surface area (Å²) in [5, 5.41) is 6.36. The number of hydrogen-bond donors (Lipinski definition) is 2. The van der Waals surface area contributed by atoms with Crippen molar-refractivity contribution in [2.45, 2.75) is 75.5 Å². The lowest BCUT2D eigenvalue weighted by atomic mass is 9.57. The predicted octanol–water partition coefficient (Wildman–Crippen LogP) is 2.74. The van der Waals surface area contributed by atoms with Crippen molar-refractivity contribution in [1.82, 2.24) is 10.2 Å². The Labute approximate surface area is 192 Å². The van der Waals surface area contributed by atoms with Crippen LogP contribution in [0.5, 0.6) is 5.75 Å². The summed E-state index contributed by atoms with van der Waals surface area (Å²) < 4.78 is 6.15. The molecular formula is C26H29N3O4. The molecule has 7 aliphatic rings. The van der Waals surface area contributed by atoms with Gasteiger partial charge in [0, 0.05) is 18.0 Å². The molecular weight excluding hydrogens is 418 g/mol. The van der Waals surface area contributed by atoms with Crippen LogP contribution >= 0.6 is 0 Å². The van der Waals surface area contributed by atoms with Crippen LogP contribution in [-0.4, -0.2) is 45.8 Å². The number of hydrogen-bond acceptors (Lipinski definition) is 4. The quantitative estimate of drug-likeness (QED) is 0.640. The molecule has 0 aromatic heterocycles. The molecule has 8 rings (SSSR count). The minimum absolute atomic E-state index is 0.00462. The highest BCUT2D eigenvalue weighted by atomic mass is 16.5. The maximum atomic E-state index is 13.9. The Morgan fingerprint density at radius 1 is 1.09 bits per heavy atom. The molecule has 172 valence electrons. The molecule has 3 spiro atoms. The molecule has 1 aromatic carbocycles. The molecule has 0 radical (unpaired) electrons. The van der Waals surface area contributed by atoms with Gasteiger partial charge >= 0.3 is 0 Å². The predicted molar refractivity (Wildman–Crippen MR) is 122 cm³/mol. The summed E-state index contributed by atoms with van der Waals surface area (Å²) in [6.45, 7) is 8.86. The van der Waals surface area contributed by atoms with E-state index in [9.17, 15) is 14.4 Å². The Morgan fingerprint density at radius 3 is 2.67 bits per heavy atom. The first-order chi connectivity index (χ1) is 15.5. The lowest BCUT2D eigenvalue weighted by molar-refractivity contribution is -0.175. The van der Waals surface area contributed by atoms with Crippen molar-refractivity contribution in [3.8, 4) is 5.75 Å². The number of amides is 3. The van der Waals surface area contributed by atoms with E-state index in [1.165, 1.54) is 0 Å². The Morgan fingerprint density at radius 2 is 1.88 bits per heavy atom. The molecule has 2 bridgehead atoms. The Kier molecular flexibility index (Phi) is 3.14. The van der Waals surface area contributed by atoms with Gasteiger partial charge in [0.2, 0.25) is 17.7 Å². The van der Waals surface area contributed by atoms with Crippen molar-refractivity contribution in [2.24, 2.45) is 11.3 Å². The van der Waals surface area contributed by atoms with Gasteiger partial charge in [0.25, 0.3) is 0 Å². The van der Waals surface area contributed by atoms with Gasteiger partial charge in [-0.25, -0.2) is 0 Å². The third-order valence-electron chi connectivity index (χ3n) is 9.84. The number of nitrogens with one attached hydrogen (secondary N) is 2. The van der Waals surface area contributed by atoms with Gasteiger partial charge in [0.05, 0.1) is 11.1 Å². The number of piperazine rings is 1. The van der Waals surface area contributed by atoms with E-state index < -0.39 is 27.5 Å². The van der Waals surface area contributed by atoms with E-state index in [-0.39, 0.29) is 23.6 Å². The van der Waals surface area contributed by atoms with Crippen LogP contribution < -0.4 is 15.4 Å². The smallest absolute Gasteiger partial charge is 0.249 e. The number of nitrogens with zero attached hydrogens (tertiary/aromatic N) is 1. The molecule has 4 saturated heterocycles. The zero-order chi connectivity index (χ0) is 23.2. The Bertz CT molecular complexity index is 1230. The van der Waals surface area contributed by atoms with E-state index in [0.717, 1.165) is 29.0 Å². The fraction of sp³-hybridized carbons (Fsp3) is 0.577. The molecule has 3 amide bonds. The lowest BCUT2D eigenvalue weighted by Crippen LogP contribution is -2.81. The Balaban J connectivity index is 1.43. The fourth-order valence-electron chi connectivity index (χ4n) is 8.24. The number of carbonyl (C=O) groups is 3. The number of anilines is 1. The van der Waals surface area contributed by atoms with E-state index in [1.807, 2.05) is 43.0 Å². The first-order valence-electron chi connectivity index (χ1n) is 12.0. The molecule has 5 fully saturated rings. The summed E-state index contributed by atoms with van der Waals surface area (Å²) in [7, 11) is 0. The van der Waals surface area contributed by atoms with Crippen molar-refractivity contribution in [2.75, 3.05) is 11.9 Å². The minimum atomic E-state index is -1.03. The van der Waals surface area contributed by atoms with Crippen LogP contribution in [0.1, 0.15) is 64.5 Å². The van der Waals surface area contributed by atoms with Gasteiger partial charge in [-0.2, -0.15) is 0 Å². The van der Waals surface area contributed by atoms with Crippen molar-refractivity contribution in [3.05, 3.63) is 29.3 Å². The molecule has 2 N–H and O–H groups in total. The average Bonchev–Trinajstić information content (AvgIpc) is 3.35. The first kappa shape index (κ1) is 19.6. The second-order valence-electron chi connectivity index (χ2n) is 12.0. The van der Waals surface area contributed by atoms with Gasteiger partial charge in [-0.05, 0) is 68.7 Å². The number of ether oxygens (including phenoxy) is 1. The highest BCUT2D eigenvalue weighted by molar-refractivity contribution is 6.12. The normalized spacial score (nSPS) is 40.2. The summed E-state index contributed by atoms with van der Waals surface area (Å²) in [6.07, 6.45) is 6.51. The maximum Gasteiger partial charge on any atom is 0.249 e. The molecule has 0 unspecified atom stereocenters. The molecule has 1 saturated carbocycles. The molecule has 1 aromatic rings. The maximum absolute atomic E-state index is 13.9. The summed E-state index contributed by atoms with van der Waals surface area (Å²) >= 11 is 0. The topological polar surface area (TPSA) is 87.7 Å². The standard InChI is InChI=1S/C26H29N3O4/c1-22(2)10-8-14-16(33-22)7-6-15-18(14)27-20(31)25(15)13-26-17(23(25,3)4)12-24(19(30)28-26)9-5-11-29(24)21(26)32/h6-8,10,17H,5,9,11-13H2,1-4H3,(H,27,31)(H,28,30)/t17-,24+,25-,26+/m0/s1. The summed E-state index contributed by atoms with van der Waals surface area (Å²) in [5.41, 5.74) is -1.06. The van der Waals surface area contributed by atoms with Gasteiger partial charge in [-0.1, -0.05) is 19.9 Å². The number of benzene rings is 1. The van der Waals surface area contributed by atoms with Crippen LogP contribution in [0.3, 0.4) is 0 Å². The average molecular weight is 448 g/mol. The van der Waals surface area contributed by atoms with Crippen molar-refractivity contribution in [3.63, 3.8) is 0 Å².